The maximum Gasteiger partial charge on any atom is 0.254 e. The van der Waals surface area contributed by atoms with Crippen LogP contribution in [0.2, 0.25) is 0 Å². The predicted molar refractivity (Wildman–Crippen MR) is 74.5 cm³/mol. The number of hydrogen-bond donors (Lipinski definition) is 1. The molecule has 2 amide bonds. The molecule has 0 aliphatic rings. The minimum Gasteiger partial charge on any atom is -0.345 e. The number of aromatic nitrogens is 3. The molecule has 2 rings (SSSR count). The lowest BCUT2D eigenvalue weighted by Crippen LogP contribution is -2.22. The van der Waals surface area contributed by atoms with E-state index in [1.54, 1.807) is 26.2 Å². The molecule has 0 aliphatic heterocycles. The van der Waals surface area contributed by atoms with Crippen LogP contribution >= 0.6 is 11.3 Å². The van der Waals surface area contributed by atoms with Gasteiger partial charge in [0.05, 0.1) is 12.0 Å². The number of amides is 2. The van der Waals surface area contributed by atoms with Gasteiger partial charge in [0.2, 0.25) is 11.0 Å². The van der Waals surface area contributed by atoms with Crippen LogP contribution < -0.4 is 5.32 Å². The van der Waals surface area contributed by atoms with E-state index >= 15 is 0 Å². The summed E-state index contributed by atoms with van der Waals surface area (Å²) in [4.78, 5) is 29.0. The van der Waals surface area contributed by atoms with E-state index in [0.717, 1.165) is 0 Å². The molecule has 0 spiro atoms. The average Bonchev–Trinajstić information content (AvgIpc) is 2.91. The van der Waals surface area contributed by atoms with E-state index in [0.29, 0.717) is 16.4 Å². The van der Waals surface area contributed by atoms with Crippen LogP contribution in [0.5, 0.6) is 0 Å². The molecule has 0 atom stereocenters. The Morgan fingerprint density at radius 1 is 1.35 bits per heavy atom. The molecule has 2 heterocycles. The highest BCUT2D eigenvalue weighted by Crippen LogP contribution is 2.09. The highest BCUT2D eigenvalue weighted by molar-refractivity contribution is 7.13. The van der Waals surface area contributed by atoms with E-state index in [9.17, 15) is 9.59 Å². The number of nitrogens with one attached hydrogen (secondary N) is 1. The van der Waals surface area contributed by atoms with Crippen LogP contribution in [0, 0.1) is 0 Å². The monoisotopic (exact) mass is 291 g/mol. The molecule has 2 aromatic heterocycles. The first-order valence-electron chi connectivity index (χ1n) is 5.79. The second kappa shape index (κ2) is 6.20. The Morgan fingerprint density at radius 2 is 2.15 bits per heavy atom. The van der Waals surface area contributed by atoms with Crippen molar-refractivity contribution in [2.45, 2.75) is 6.42 Å². The Bertz CT molecular complexity index is 595. The Morgan fingerprint density at radius 3 is 2.70 bits per heavy atom. The fraction of sp³-hybridized carbons (Fsp3) is 0.250. The van der Waals surface area contributed by atoms with E-state index < -0.39 is 0 Å². The van der Waals surface area contributed by atoms with E-state index in [-0.39, 0.29) is 18.2 Å². The average molecular weight is 291 g/mol. The zero-order chi connectivity index (χ0) is 14.5. The van der Waals surface area contributed by atoms with Gasteiger partial charge >= 0.3 is 0 Å². The number of carbonyl (C=O) groups excluding carboxylic acids is 2. The van der Waals surface area contributed by atoms with Crippen molar-refractivity contribution in [3.63, 3.8) is 0 Å². The predicted octanol–water partition coefficient (Wildman–Crippen LogP) is 0.816. The summed E-state index contributed by atoms with van der Waals surface area (Å²) >= 11 is 1.25. The smallest absolute Gasteiger partial charge is 0.254 e. The van der Waals surface area contributed by atoms with Gasteiger partial charge in [-0.2, -0.15) is 0 Å². The summed E-state index contributed by atoms with van der Waals surface area (Å²) in [6, 6.07) is 3.32. The molecule has 0 aliphatic carbocycles. The normalized spacial score (nSPS) is 10.1. The first kappa shape index (κ1) is 14.1. The van der Waals surface area contributed by atoms with Crippen LogP contribution in [0.25, 0.3) is 0 Å². The number of rotatable bonds is 4. The summed E-state index contributed by atoms with van der Waals surface area (Å²) in [7, 11) is 3.34. The van der Waals surface area contributed by atoms with Crippen LogP contribution in [-0.4, -0.2) is 46.0 Å². The largest absolute Gasteiger partial charge is 0.345 e. The van der Waals surface area contributed by atoms with Crippen molar-refractivity contribution in [1.29, 1.82) is 0 Å². The quantitative estimate of drug-likeness (QED) is 0.901. The van der Waals surface area contributed by atoms with Gasteiger partial charge in [0, 0.05) is 26.0 Å². The summed E-state index contributed by atoms with van der Waals surface area (Å²) < 4.78 is 0. The number of hydrogen-bond acceptors (Lipinski definition) is 6. The second-order valence-corrected chi connectivity index (χ2v) is 5.04. The molecule has 0 aromatic carbocycles. The third kappa shape index (κ3) is 3.58. The third-order valence-corrected chi connectivity index (χ3v) is 3.03. The Balaban J connectivity index is 1.97. The lowest BCUT2D eigenvalue weighted by molar-refractivity contribution is -0.115. The van der Waals surface area contributed by atoms with E-state index in [1.165, 1.54) is 27.9 Å². The topological polar surface area (TPSA) is 88.1 Å². The van der Waals surface area contributed by atoms with Crippen molar-refractivity contribution >= 4 is 28.3 Å². The molecule has 1 N–H and O–H groups in total. The lowest BCUT2D eigenvalue weighted by atomic mass is 10.2. The minimum absolute atomic E-state index is 0.121. The number of pyridine rings is 1. The molecule has 0 fully saturated rings. The number of anilines is 1. The molecular formula is C12H13N5O2S. The zero-order valence-corrected chi connectivity index (χ0v) is 11.8. The van der Waals surface area contributed by atoms with Gasteiger partial charge in [0.15, 0.2) is 0 Å². The summed E-state index contributed by atoms with van der Waals surface area (Å²) in [5.74, 6) is -0.344. The van der Waals surface area contributed by atoms with Crippen molar-refractivity contribution in [3.8, 4) is 0 Å². The van der Waals surface area contributed by atoms with Gasteiger partial charge in [0.25, 0.3) is 5.91 Å². The molecule has 2 aromatic rings. The number of nitrogens with zero attached hydrogens (tertiary/aromatic N) is 4. The minimum atomic E-state index is -0.221. The van der Waals surface area contributed by atoms with E-state index in [4.69, 9.17) is 0 Å². The van der Waals surface area contributed by atoms with Gasteiger partial charge in [-0.15, -0.1) is 10.2 Å². The van der Waals surface area contributed by atoms with Gasteiger partial charge in [-0.05, 0) is 12.1 Å². The highest BCUT2D eigenvalue weighted by atomic mass is 32.1. The maximum absolute atomic E-state index is 11.7. The molecule has 0 radical (unpaired) electrons. The lowest BCUT2D eigenvalue weighted by Gasteiger charge is -2.09. The van der Waals surface area contributed by atoms with Gasteiger partial charge in [0.1, 0.15) is 5.51 Å². The summed E-state index contributed by atoms with van der Waals surface area (Å²) in [5.41, 5.74) is 2.61. The SMILES string of the molecule is CN(C)C(=O)c1ccc(CC(=O)Nc2nncs2)nc1. The van der Waals surface area contributed by atoms with E-state index in [1.807, 2.05) is 0 Å². The standard InChI is InChI=1S/C12H13N5O2S/c1-17(2)11(19)8-3-4-9(13-6-8)5-10(18)15-12-16-14-7-20-12/h3-4,6-7H,5H2,1-2H3,(H,15,16,18). The summed E-state index contributed by atoms with van der Waals surface area (Å²) in [6.07, 6.45) is 1.59. The Kier molecular flexibility index (Phi) is 4.36. The molecule has 0 unspecified atom stereocenters. The first-order valence-corrected chi connectivity index (χ1v) is 6.67. The van der Waals surface area contributed by atoms with Crippen molar-refractivity contribution in [2.24, 2.45) is 0 Å². The van der Waals surface area contributed by atoms with Crippen LogP contribution in [-0.2, 0) is 11.2 Å². The van der Waals surface area contributed by atoms with Crippen molar-refractivity contribution < 1.29 is 9.59 Å². The second-order valence-electron chi connectivity index (χ2n) is 4.21. The van der Waals surface area contributed by atoms with Crippen molar-refractivity contribution in [3.05, 3.63) is 35.1 Å². The van der Waals surface area contributed by atoms with Gasteiger partial charge in [-0.3, -0.25) is 14.6 Å². The van der Waals surface area contributed by atoms with Crippen LogP contribution in [0.4, 0.5) is 5.13 Å². The van der Waals surface area contributed by atoms with Crippen LogP contribution in [0.1, 0.15) is 16.1 Å². The molecule has 0 bridgehead atoms. The van der Waals surface area contributed by atoms with Gasteiger partial charge < -0.3 is 10.2 Å². The Labute approximate surface area is 119 Å². The number of carbonyl (C=O) groups is 2. The Hall–Kier alpha value is -2.35. The zero-order valence-electron chi connectivity index (χ0n) is 11.0. The molecule has 20 heavy (non-hydrogen) atoms. The molecular weight excluding hydrogens is 278 g/mol. The molecule has 0 saturated carbocycles. The first-order chi connectivity index (χ1) is 9.56. The summed E-state index contributed by atoms with van der Waals surface area (Å²) in [5, 5.41) is 10.4. The fourth-order valence-electron chi connectivity index (χ4n) is 1.47. The highest BCUT2D eigenvalue weighted by Gasteiger charge is 2.10. The van der Waals surface area contributed by atoms with Crippen LogP contribution in [0.3, 0.4) is 0 Å². The third-order valence-electron chi connectivity index (χ3n) is 2.43. The fourth-order valence-corrected chi connectivity index (χ4v) is 1.93. The molecule has 8 heteroatoms. The van der Waals surface area contributed by atoms with Crippen molar-refractivity contribution in [1.82, 2.24) is 20.1 Å². The van der Waals surface area contributed by atoms with Gasteiger partial charge in [-0.25, -0.2) is 0 Å². The molecule has 7 nitrogen and oxygen atoms in total. The van der Waals surface area contributed by atoms with Gasteiger partial charge in [-0.1, -0.05) is 11.3 Å². The van der Waals surface area contributed by atoms with Crippen molar-refractivity contribution in [2.75, 3.05) is 19.4 Å². The maximum atomic E-state index is 11.7. The molecule has 0 saturated heterocycles. The van der Waals surface area contributed by atoms with E-state index in [2.05, 4.69) is 20.5 Å². The van der Waals surface area contributed by atoms with Crippen LogP contribution in [0.15, 0.2) is 23.8 Å². The summed E-state index contributed by atoms with van der Waals surface area (Å²) in [6.45, 7) is 0. The molecule has 104 valence electrons.